The minimum absolute atomic E-state index is 0.226. The first-order valence-corrected chi connectivity index (χ1v) is 8.27. The fourth-order valence-corrected chi connectivity index (χ4v) is 4.85. The lowest BCUT2D eigenvalue weighted by Crippen LogP contribution is -2.61. The second-order valence-corrected chi connectivity index (χ2v) is 6.89. The van der Waals surface area contributed by atoms with Gasteiger partial charge in [0.05, 0.1) is 6.04 Å². The van der Waals surface area contributed by atoms with Crippen LogP contribution in [-0.2, 0) is 9.59 Å². The van der Waals surface area contributed by atoms with E-state index in [4.69, 9.17) is 0 Å². The molecule has 2 bridgehead atoms. The highest BCUT2D eigenvalue weighted by atomic mass is 16.2. The zero-order chi connectivity index (χ0) is 15.3. The number of rotatable bonds is 2. The number of amides is 1. The van der Waals surface area contributed by atoms with Crippen molar-refractivity contribution in [3.63, 3.8) is 0 Å². The molecule has 0 radical (unpaired) electrons. The molecule has 0 aromatic heterocycles. The predicted octanol–water partition coefficient (Wildman–Crippen LogP) is 1.66. The van der Waals surface area contributed by atoms with E-state index in [1.54, 1.807) is 0 Å². The van der Waals surface area contributed by atoms with E-state index in [9.17, 15) is 9.59 Å². The van der Waals surface area contributed by atoms with Crippen LogP contribution in [0.25, 0.3) is 0 Å². The zero-order valence-electron chi connectivity index (χ0n) is 12.9. The summed E-state index contributed by atoms with van der Waals surface area (Å²) in [6.45, 7) is 4.36. The molecule has 0 spiro atoms. The Balaban J connectivity index is 1.72. The van der Waals surface area contributed by atoms with Crippen LogP contribution in [0.1, 0.15) is 31.2 Å². The van der Waals surface area contributed by atoms with Crippen LogP contribution < -0.4 is 0 Å². The highest BCUT2D eigenvalue weighted by Gasteiger charge is 2.54. The molecule has 1 aromatic rings. The van der Waals surface area contributed by atoms with Crippen molar-refractivity contribution in [3.05, 3.63) is 35.9 Å². The molecule has 1 aromatic carbocycles. The number of ketones is 1. The van der Waals surface area contributed by atoms with E-state index in [1.165, 1.54) is 12.5 Å². The maximum absolute atomic E-state index is 12.4. The van der Waals surface area contributed by atoms with E-state index in [2.05, 4.69) is 29.2 Å². The summed E-state index contributed by atoms with van der Waals surface area (Å²) in [5.74, 6) is 0.274. The number of fused-ring (bicyclic) bond motifs is 2. The molecule has 4 heterocycles. The Bertz CT molecular complexity index is 592. The third-order valence-electron chi connectivity index (χ3n) is 5.78. The molecule has 0 aliphatic carbocycles. The van der Waals surface area contributed by atoms with Crippen molar-refractivity contribution < 1.29 is 9.59 Å². The van der Waals surface area contributed by atoms with E-state index < -0.39 is 0 Å². The number of carbonyl (C=O) groups excluding carboxylic acids is 2. The molecule has 4 fully saturated rings. The summed E-state index contributed by atoms with van der Waals surface area (Å²) in [6.07, 6.45) is 2.31. The van der Waals surface area contributed by atoms with Crippen molar-refractivity contribution in [3.8, 4) is 0 Å². The lowest BCUT2D eigenvalue weighted by atomic mass is 9.75. The second-order valence-electron chi connectivity index (χ2n) is 6.89. The summed E-state index contributed by atoms with van der Waals surface area (Å²) < 4.78 is 0. The Morgan fingerprint density at radius 1 is 1.05 bits per heavy atom. The van der Waals surface area contributed by atoms with Gasteiger partial charge in [0.2, 0.25) is 5.78 Å². The molecule has 4 heteroatoms. The quantitative estimate of drug-likeness (QED) is 0.780. The van der Waals surface area contributed by atoms with Crippen LogP contribution in [0.3, 0.4) is 0 Å². The van der Waals surface area contributed by atoms with Gasteiger partial charge in [0, 0.05) is 25.4 Å². The van der Waals surface area contributed by atoms with E-state index in [-0.39, 0.29) is 17.7 Å². The van der Waals surface area contributed by atoms with Gasteiger partial charge in [-0.3, -0.25) is 14.5 Å². The van der Waals surface area contributed by atoms with Gasteiger partial charge < -0.3 is 4.90 Å². The number of carbonyl (C=O) groups is 2. The average molecular weight is 298 g/mol. The molecule has 116 valence electrons. The first kappa shape index (κ1) is 13.9. The minimum Gasteiger partial charge on any atom is -0.331 e. The number of likely N-dealkylation sites (tertiary alicyclic amines) is 1. The lowest BCUT2D eigenvalue weighted by Gasteiger charge is -2.51. The van der Waals surface area contributed by atoms with Crippen LogP contribution in [0.2, 0.25) is 0 Å². The lowest BCUT2D eigenvalue weighted by molar-refractivity contribution is -0.146. The third kappa shape index (κ3) is 2.01. The Morgan fingerprint density at radius 2 is 1.73 bits per heavy atom. The van der Waals surface area contributed by atoms with Crippen LogP contribution in [-0.4, -0.2) is 53.2 Å². The van der Waals surface area contributed by atoms with Gasteiger partial charge in [-0.2, -0.15) is 0 Å². The van der Waals surface area contributed by atoms with Crippen LogP contribution in [0.15, 0.2) is 30.3 Å². The van der Waals surface area contributed by atoms with Crippen molar-refractivity contribution in [2.75, 3.05) is 19.6 Å². The molecule has 4 aliphatic rings. The Kier molecular flexibility index (Phi) is 3.30. The SMILES string of the molecule is CC(=O)C(=O)N1C[C@@H](c2ccccc2)[C@@H]2[C@H]1C1CCN2CC1. The van der Waals surface area contributed by atoms with Crippen molar-refractivity contribution in [2.24, 2.45) is 5.92 Å². The van der Waals surface area contributed by atoms with Crippen molar-refractivity contribution >= 4 is 11.7 Å². The van der Waals surface area contributed by atoms with Gasteiger partial charge in [-0.05, 0) is 37.4 Å². The second kappa shape index (κ2) is 5.20. The first-order chi connectivity index (χ1) is 10.7. The van der Waals surface area contributed by atoms with Gasteiger partial charge in [0.15, 0.2) is 0 Å². The standard InChI is InChI=1S/C18H22N2O2/c1-12(21)18(22)20-11-15(13-5-3-2-4-6-13)17-16(20)14-7-9-19(17)10-8-14/h2-6,14-17H,7-11H2,1H3/t15-,16+,17+/m0/s1. The zero-order valence-corrected chi connectivity index (χ0v) is 12.9. The minimum atomic E-state index is -0.330. The Hall–Kier alpha value is -1.68. The van der Waals surface area contributed by atoms with Crippen molar-refractivity contribution in [2.45, 2.75) is 37.8 Å². The van der Waals surface area contributed by atoms with Crippen molar-refractivity contribution in [1.82, 2.24) is 9.80 Å². The fraction of sp³-hybridized carbons (Fsp3) is 0.556. The Labute approximate surface area is 131 Å². The maximum atomic E-state index is 12.4. The summed E-state index contributed by atoms with van der Waals surface area (Å²) >= 11 is 0. The molecule has 4 nitrogen and oxygen atoms in total. The van der Waals surface area contributed by atoms with Crippen LogP contribution >= 0.6 is 0 Å². The number of hydrogen-bond donors (Lipinski definition) is 0. The van der Waals surface area contributed by atoms with E-state index >= 15 is 0 Å². The number of hydrogen-bond acceptors (Lipinski definition) is 3. The number of nitrogens with zero attached hydrogens (tertiary/aromatic N) is 2. The summed E-state index contributed by atoms with van der Waals surface area (Å²) in [4.78, 5) is 28.5. The summed E-state index contributed by atoms with van der Waals surface area (Å²) in [5.41, 5.74) is 1.30. The molecular weight excluding hydrogens is 276 g/mol. The molecule has 1 amide bonds. The van der Waals surface area contributed by atoms with Crippen LogP contribution in [0, 0.1) is 5.92 Å². The van der Waals surface area contributed by atoms with E-state index in [0.717, 1.165) is 25.9 Å². The fourth-order valence-electron chi connectivity index (χ4n) is 4.85. The summed E-state index contributed by atoms with van der Waals surface area (Å²) in [5, 5.41) is 0. The molecule has 0 saturated carbocycles. The van der Waals surface area contributed by atoms with Gasteiger partial charge in [-0.1, -0.05) is 30.3 Å². The molecule has 3 atom stereocenters. The normalized spacial score (nSPS) is 36.2. The summed E-state index contributed by atoms with van der Waals surface area (Å²) in [6, 6.07) is 11.1. The highest BCUT2D eigenvalue weighted by Crippen LogP contribution is 2.46. The van der Waals surface area contributed by atoms with Gasteiger partial charge >= 0.3 is 0 Å². The number of Topliss-reactive ketones (excluding diaryl/α,β-unsaturated/α-hetero) is 1. The van der Waals surface area contributed by atoms with Gasteiger partial charge in [-0.15, -0.1) is 0 Å². The topological polar surface area (TPSA) is 40.6 Å². The third-order valence-corrected chi connectivity index (χ3v) is 5.78. The molecule has 5 rings (SSSR count). The Morgan fingerprint density at radius 3 is 2.36 bits per heavy atom. The average Bonchev–Trinajstić information content (AvgIpc) is 2.98. The van der Waals surface area contributed by atoms with E-state index in [0.29, 0.717) is 24.4 Å². The van der Waals surface area contributed by atoms with Gasteiger partial charge in [0.25, 0.3) is 5.91 Å². The highest BCUT2D eigenvalue weighted by molar-refractivity contribution is 6.35. The van der Waals surface area contributed by atoms with E-state index in [1.807, 2.05) is 11.0 Å². The monoisotopic (exact) mass is 298 g/mol. The van der Waals surface area contributed by atoms with Crippen molar-refractivity contribution in [1.29, 1.82) is 0 Å². The van der Waals surface area contributed by atoms with Gasteiger partial charge in [-0.25, -0.2) is 0 Å². The smallest absolute Gasteiger partial charge is 0.289 e. The van der Waals surface area contributed by atoms with Gasteiger partial charge in [0.1, 0.15) is 0 Å². The molecule has 22 heavy (non-hydrogen) atoms. The molecular formula is C18H22N2O2. The number of piperidine rings is 3. The molecule has 0 unspecified atom stereocenters. The largest absolute Gasteiger partial charge is 0.331 e. The predicted molar refractivity (Wildman–Crippen MR) is 83.5 cm³/mol. The molecule has 0 N–H and O–H groups in total. The number of benzene rings is 1. The molecule has 4 saturated heterocycles. The van der Waals surface area contributed by atoms with Crippen LogP contribution in [0.4, 0.5) is 0 Å². The summed E-state index contributed by atoms with van der Waals surface area (Å²) in [7, 11) is 0. The molecule has 4 aliphatic heterocycles. The maximum Gasteiger partial charge on any atom is 0.289 e. The van der Waals surface area contributed by atoms with Crippen LogP contribution in [0.5, 0.6) is 0 Å². The first-order valence-electron chi connectivity index (χ1n) is 8.27.